The van der Waals surface area contributed by atoms with Crippen LogP contribution in [0.25, 0.3) is 0 Å². The van der Waals surface area contributed by atoms with E-state index in [-0.39, 0.29) is 5.91 Å². The molecule has 4 rings (SSSR count). The van der Waals surface area contributed by atoms with Crippen molar-refractivity contribution in [1.82, 2.24) is 20.1 Å². The lowest BCUT2D eigenvalue weighted by Crippen LogP contribution is -2.27. The average molecular weight is 344 g/mol. The topological polar surface area (TPSA) is 59.8 Å². The van der Waals surface area contributed by atoms with Crippen LogP contribution in [0.3, 0.4) is 0 Å². The van der Waals surface area contributed by atoms with E-state index < -0.39 is 0 Å². The number of carbonyl (C=O) groups excluding carboxylic acids is 1. The molecule has 1 N–H and O–H groups in total. The van der Waals surface area contributed by atoms with E-state index in [2.05, 4.69) is 20.1 Å². The molecule has 0 saturated heterocycles. The molecule has 0 radical (unpaired) electrons. The number of fused-ring (bicyclic) bond motifs is 2. The number of aromatic nitrogens is 3. The van der Waals surface area contributed by atoms with E-state index in [4.69, 9.17) is 0 Å². The summed E-state index contributed by atoms with van der Waals surface area (Å²) in [5.41, 5.74) is 2.19. The van der Waals surface area contributed by atoms with Gasteiger partial charge >= 0.3 is 0 Å². The summed E-state index contributed by atoms with van der Waals surface area (Å²) in [6.45, 7) is 1.64. The number of hydrogen-bond donors (Lipinski definition) is 1. The summed E-state index contributed by atoms with van der Waals surface area (Å²) in [5.74, 6) is 2.20. The Balaban J connectivity index is 1.37. The van der Waals surface area contributed by atoms with Crippen LogP contribution < -0.4 is 5.32 Å². The van der Waals surface area contributed by atoms with E-state index in [1.165, 1.54) is 42.5 Å². The van der Waals surface area contributed by atoms with E-state index in [9.17, 15) is 4.79 Å². The zero-order chi connectivity index (χ0) is 16.4. The molecule has 3 heterocycles. The Labute approximate surface area is 146 Å². The number of nitrogens with one attached hydrogen (secondary N) is 1. The van der Waals surface area contributed by atoms with Crippen molar-refractivity contribution in [1.29, 1.82) is 0 Å². The molecule has 0 unspecified atom stereocenters. The van der Waals surface area contributed by atoms with Crippen molar-refractivity contribution >= 4 is 17.2 Å². The molecular weight excluding hydrogens is 320 g/mol. The molecule has 0 spiro atoms. The minimum Gasteiger partial charge on any atom is -0.352 e. The van der Waals surface area contributed by atoms with Crippen LogP contribution in [0, 0.1) is 0 Å². The van der Waals surface area contributed by atoms with Crippen molar-refractivity contribution in [2.75, 3.05) is 6.54 Å². The highest BCUT2D eigenvalue weighted by molar-refractivity contribution is 7.10. The maximum Gasteiger partial charge on any atom is 0.252 e. The smallest absolute Gasteiger partial charge is 0.252 e. The third-order valence-electron chi connectivity index (χ3n) is 5.13. The number of nitrogens with zero attached hydrogens (tertiary/aromatic N) is 3. The van der Waals surface area contributed by atoms with Gasteiger partial charge < -0.3 is 9.88 Å². The molecule has 6 heteroatoms. The predicted molar refractivity (Wildman–Crippen MR) is 94.6 cm³/mol. The van der Waals surface area contributed by atoms with Gasteiger partial charge in [-0.2, -0.15) is 0 Å². The minimum absolute atomic E-state index is 0.0741. The quantitative estimate of drug-likeness (QED) is 0.928. The van der Waals surface area contributed by atoms with Crippen LogP contribution in [0.15, 0.2) is 5.38 Å². The molecule has 2 aromatic rings. The standard InChI is InChI=1S/C18H24N4OS/c23-18(14-12-24-15-7-4-3-6-13(14)15)19-10-9-17-21-20-16-8-2-1-5-11-22(16)17/h12H,1-11H2,(H,19,23). The van der Waals surface area contributed by atoms with Gasteiger partial charge in [0.15, 0.2) is 0 Å². The summed E-state index contributed by atoms with van der Waals surface area (Å²) in [4.78, 5) is 13.9. The van der Waals surface area contributed by atoms with Crippen LogP contribution in [0.1, 0.15) is 64.6 Å². The molecule has 1 aliphatic carbocycles. The van der Waals surface area contributed by atoms with Gasteiger partial charge in [0.2, 0.25) is 0 Å². The van der Waals surface area contributed by atoms with Gasteiger partial charge in [0.05, 0.1) is 5.56 Å². The molecule has 24 heavy (non-hydrogen) atoms. The van der Waals surface area contributed by atoms with Crippen LogP contribution in [-0.4, -0.2) is 27.2 Å². The zero-order valence-corrected chi connectivity index (χ0v) is 14.8. The lowest BCUT2D eigenvalue weighted by Gasteiger charge is -2.13. The average Bonchev–Trinajstić information content (AvgIpc) is 3.12. The normalized spacial score (nSPS) is 17.0. The van der Waals surface area contributed by atoms with E-state index >= 15 is 0 Å². The third kappa shape index (κ3) is 3.11. The molecule has 0 atom stereocenters. The van der Waals surface area contributed by atoms with Crippen molar-refractivity contribution in [2.24, 2.45) is 0 Å². The first-order valence-electron chi connectivity index (χ1n) is 9.11. The largest absolute Gasteiger partial charge is 0.352 e. The maximum absolute atomic E-state index is 12.5. The molecule has 0 fully saturated rings. The number of aryl methyl sites for hydroxylation is 2. The molecule has 0 bridgehead atoms. The Hall–Kier alpha value is -1.69. The second kappa shape index (κ2) is 7.05. The molecule has 1 amide bonds. The van der Waals surface area contributed by atoms with Crippen LogP contribution >= 0.6 is 11.3 Å². The van der Waals surface area contributed by atoms with Crippen molar-refractivity contribution < 1.29 is 4.79 Å². The number of rotatable bonds is 4. The highest BCUT2D eigenvalue weighted by Gasteiger charge is 2.20. The first-order chi connectivity index (χ1) is 11.8. The van der Waals surface area contributed by atoms with Crippen LogP contribution in [0.5, 0.6) is 0 Å². The van der Waals surface area contributed by atoms with Crippen molar-refractivity contribution in [2.45, 2.75) is 64.3 Å². The van der Waals surface area contributed by atoms with E-state index in [1.54, 1.807) is 11.3 Å². The predicted octanol–water partition coefficient (Wildman–Crippen LogP) is 2.92. The van der Waals surface area contributed by atoms with Gasteiger partial charge in [0.25, 0.3) is 5.91 Å². The molecular formula is C18H24N4OS. The monoisotopic (exact) mass is 344 g/mol. The molecule has 2 aromatic heterocycles. The number of thiophene rings is 1. The molecule has 1 aliphatic heterocycles. The summed E-state index contributed by atoms with van der Waals surface area (Å²) < 4.78 is 2.26. The van der Waals surface area contributed by atoms with Gasteiger partial charge in [-0.15, -0.1) is 21.5 Å². The van der Waals surface area contributed by atoms with E-state index in [1.807, 2.05) is 5.38 Å². The number of amides is 1. The lowest BCUT2D eigenvalue weighted by atomic mass is 9.95. The first-order valence-corrected chi connectivity index (χ1v) is 9.99. The fraction of sp³-hybridized carbons (Fsp3) is 0.611. The van der Waals surface area contributed by atoms with Gasteiger partial charge in [0, 0.05) is 36.2 Å². The van der Waals surface area contributed by atoms with Crippen molar-refractivity contribution in [3.8, 4) is 0 Å². The SMILES string of the molecule is O=C(NCCc1nnc2n1CCCCC2)c1csc2c1CCCC2. The molecule has 5 nitrogen and oxygen atoms in total. The van der Waals surface area contributed by atoms with Gasteiger partial charge in [-0.1, -0.05) is 6.42 Å². The molecule has 128 valence electrons. The Morgan fingerprint density at radius 2 is 2.00 bits per heavy atom. The second-order valence-corrected chi connectivity index (χ2v) is 7.72. The molecule has 0 aromatic carbocycles. The zero-order valence-electron chi connectivity index (χ0n) is 14.0. The van der Waals surface area contributed by atoms with Gasteiger partial charge in [-0.05, 0) is 44.1 Å². The Morgan fingerprint density at radius 1 is 1.12 bits per heavy atom. The van der Waals surface area contributed by atoms with E-state index in [0.717, 1.165) is 49.4 Å². The van der Waals surface area contributed by atoms with Crippen molar-refractivity contribution in [3.63, 3.8) is 0 Å². The summed E-state index contributed by atoms with van der Waals surface area (Å²) in [5, 5.41) is 13.8. The molecule has 0 saturated carbocycles. The van der Waals surface area contributed by atoms with Crippen LogP contribution in [0.2, 0.25) is 0 Å². The highest BCUT2D eigenvalue weighted by Crippen LogP contribution is 2.30. The number of carbonyl (C=O) groups is 1. The summed E-state index contributed by atoms with van der Waals surface area (Å²) in [6.07, 6.45) is 10.1. The summed E-state index contributed by atoms with van der Waals surface area (Å²) in [6, 6.07) is 0. The fourth-order valence-electron chi connectivity index (χ4n) is 3.80. The summed E-state index contributed by atoms with van der Waals surface area (Å²) in [7, 11) is 0. The Kier molecular flexibility index (Phi) is 4.65. The summed E-state index contributed by atoms with van der Waals surface area (Å²) >= 11 is 1.75. The lowest BCUT2D eigenvalue weighted by molar-refractivity contribution is 0.0953. The van der Waals surface area contributed by atoms with Gasteiger partial charge in [-0.3, -0.25) is 4.79 Å². The number of hydrogen-bond acceptors (Lipinski definition) is 4. The van der Waals surface area contributed by atoms with Gasteiger partial charge in [0.1, 0.15) is 11.6 Å². The van der Waals surface area contributed by atoms with Gasteiger partial charge in [-0.25, -0.2) is 0 Å². The molecule has 2 aliphatic rings. The fourth-order valence-corrected chi connectivity index (χ4v) is 4.92. The third-order valence-corrected chi connectivity index (χ3v) is 6.21. The minimum atomic E-state index is 0.0741. The van der Waals surface area contributed by atoms with Crippen molar-refractivity contribution in [3.05, 3.63) is 33.0 Å². The maximum atomic E-state index is 12.5. The highest BCUT2D eigenvalue weighted by atomic mass is 32.1. The first kappa shape index (κ1) is 15.8. The Bertz CT molecular complexity index is 733. The van der Waals surface area contributed by atoms with Crippen LogP contribution in [0.4, 0.5) is 0 Å². The van der Waals surface area contributed by atoms with E-state index in [0.29, 0.717) is 6.54 Å². The second-order valence-electron chi connectivity index (χ2n) is 6.76. The Morgan fingerprint density at radius 3 is 2.96 bits per heavy atom. The van der Waals surface area contributed by atoms with Crippen LogP contribution in [-0.2, 0) is 32.2 Å².